The number of aryl methyl sites for hydroxylation is 2. The van der Waals surface area contributed by atoms with E-state index < -0.39 is 0 Å². The Morgan fingerprint density at radius 1 is 1.50 bits per heavy atom. The summed E-state index contributed by atoms with van der Waals surface area (Å²) in [5, 5.41) is 1.26. The quantitative estimate of drug-likeness (QED) is 0.739. The van der Waals surface area contributed by atoms with Crippen molar-refractivity contribution in [1.29, 1.82) is 0 Å². The van der Waals surface area contributed by atoms with Gasteiger partial charge in [0.2, 0.25) is 0 Å². The third kappa shape index (κ3) is 2.17. The van der Waals surface area contributed by atoms with E-state index >= 15 is 0 Å². The van der Waals surface area contributed by atoms with Crippen molar-refractivity contribution in [3.63, 3.8) is 0 Å². The van der Waals surface area contributed by atoms with Gasteiger partial charge in [-0.15, -0.1) is 11.3 Å². The predicted octanol–water partition coefficient (Wildman–Crippen LogP) is 3.75. The molecule has 0 aromatic carbocycles. The molecule has 0 unspecified atom stereocenters. The highest BCUT2D eigenvalue weighted by Crippen LogP contribution is 2.31. The van der Waals surface area contributed by atoms with Crippen LogP contribution in [-0.2, 0) is 12.8 Å². The van der Waals surface area contributed by atoms with Gasteiger partial charge in [0, 0.05) is 4.88 Å². The summed E-state index contributed by atoms with van der Waals surface area (Å²) in [5.74, 6) is 0.947. The number of unbranched alkanes of at least 4 members (excludes halogenated alkanes) is 1. The highest BCUT2D eigenvalue weighted by atomic mass is 32.1. The fourth-order valence-corrected chi connectivity index (χ4v) is 3.41. The number of nitrogens with zero attached hydrogens (tertiary/aromatic N) is 1. The minimum Gasteiger partial charge on any atom is -0.246 e. The zero-order valence-electron chi connectivity index (χ0n) is 9.18. The van der Waals surface area contributed by atoms with Gasteiger partial charge in [-0.2, -0.15) is 0 Å². The van der Waals surface area contributed by atoms with Gasteiger partial charge in [-0.05, 0) is 32.1 Å². The van der Waals surface area contributed by atoms with E-state index in [0.717, 1.165) is 5.92 Å². The Morgan fingerprint density at radius 3 is 3.14 bits per heavy atom. The van der Waals surface area contributed by atoms with Crippen LogP contribution in [0.15, 0.2) is 0 Å². The zero-order chi connectivity index (χ0) is 9.97. The maximum atomic E-state index is 4.58. The van der Waals surface area contributed by atoms with Crippen molar-refractivity contribution in [2.45, 2.75) is 52.4 Å². The molecule has 1 nitrogen and oxygen atoms in total. The van der Waals surface area contributed by atoms with E-state index in [1.807, 2.05) is 11.3 Å². The van der Waals surface area contributed by atoms with Gasteiger partial charge in [0.15, 0.2) is 0 Å². The largest absolute Gasteiger partial charge is 0.246 e. The van der Waals surface area contributed by atoms with Gasteiger partial charge in [0.1, 0.15) is 0 Å². The van der Waals surface area contributed by atoms with E-state index in [1.165, 1.54) is 49.2 Å². The topological polar surface area (TPSA) is 12.9 Å². The molecule has 78 valence electrons. The van der Waals surface area contributed by atoms with Crippen LogP contribution in [-0.4, -0.2) is 4.98 Å². The van der Waals surface area contributed by atoms with Gasteiger partial charge in [0.25, 0.3) is 0 Å². The van der Waals surface area contributed by atoms with Gasteiger partial charge in [0.05, 0.1) is 10.7 Å². The molecule has 0 N–H and O–H groups in total. The third-order valence-electron chi connectivity index (χ3n) is 3.11. The van der Waals surface area contributed by atoms with Gasteiger partial charge in [-0.25, -0.2) is 4.98 Å². The van der Waals surface area contributed by atoms with Crippen molar-refractivity contribution in [3.05, 3.63) is 15.6 Å². The summed E-state index contributed by atoms with van der Waals surface area (Å²) in [6.45, 7) is 4.41. The van der Waals surface area contributed by atoms with Gasteiger partial charge in [-0.3, -0.25) is 0 Å². The SMILES string of the molecule is CCCC[C@H]1CCc2nc(C)sc2C1. The molecular formula is C12H19NS. The van der Waals surface area contributed by atoms with Crippen molar-refractivity contribution in [3.8, 4) is 0 Å². The van der Waals surface area contributed by atoms with Crippen LogP contribution < -0.4 is 0 Å². The summed E-state index contributed by atoms with van der Waals surface area (Å²) in [7, 11) is 0. The van der Waals surface area contributed by atoms with E-state index in [9.17, 15) is 0 Å². The molecule has 14 heavy (non-hydrogen) atoms. The molecule has 0 fully saturated rings. The molecule has 0 amide bonds. The Balaban J connectivity index is 1.98. The number of hydrogen-bond acceptors (Lipinski definition) is 2. The lowest BCUT2D eigenvalue weighted by atomic mass is 9.87. The minimum absolute atomic E-state index is 0.947. The van der Waals surface area contributed by atoms with Crippen LogP contribution in [0.1, 0.15) is 48.2 Å². The molecule has 0 saturated heterocycles. The molecule has 1 aliphatic rings. The summed E-state index contributed by atoms with van der Waals surface area (Å²) in [6, 6.07) is 0. The first-order chi connectivity index (χ1) is 6.79. The minimum atomic E-state index is 0.947. The molecule has 1 heterocycles. The maximum Gasteiger partial charge on any atom is 0.0900 e. The lowest BCUT2D eigenvalue weighted by Crippen LogP contribution is -2.12. The predicted molar refractivity (Wildman–Crippen MR) is 61.9 cm³/mol. The standard InChI is InChI=1S/C12H19NS/c1-3-4-5-10-6-7-11-12(8-10)14-9(2)13-11/h10H,3-8H2,1-2H3/t10-/m0/s1. The smallest absolute Gasteiger partial charge is 0.0900 e. The molecule has 1 aromatic heterocycles. The van der Waals surface area contributed by atoms with Crippen molar-refractivity contribution < 1.29 is 0 Å². The average molecular weight is 209 g/mol. The number of thiazole rings is 1. The molecule has 1 aliphatic carbocycles. The Hall–Kier alpha value is -0.370. The molecule has 2 rings (SSSR count). The van der Waals surface area contributed by atoms with Crippen LogP contribution in [0.2, 0.25) is 0 Å². The van der Waals surface area contributed by atoms with Crippen LogP contribution in [0.5, 0.6) is 0 Å². The molecule has 0 aliphatic heterocycles. The van der Waals surface area contributed by atoms with E-state index in [-0.39, 0.29) is 0 Å². The summed E-state index contributed by atoms with van der Waals surface area (Å²) < 4.78 is 0. The monoisotopic (exact) mass is 209 g/mol. The second kappa shape index (κ2) is 4.43. The number of rotatable bonds is 3. The highest BCUT2D eigenvalue weighted by Gasteiger charge is 2.20. The molecule has 2 heteroatoms. The van der Waals surface area contributed by atoms with Gasteiger partial charge in [-0.1, -0.05) is 26.2 Å². The maximum absolute atomic E-state index is 4.58. The molecular weight excluding hydrogens is 190 g/mol. The fourth-order valence-electron chi connectivity index (χ4n) is 2.31. The summed E-state index contributed by atoms with van der Waals surface area (Å²) in [5.41, 5.74) is 1.40. The van der Waals surface area contributed by atoms with E-state index in [0.29, 0.717) is 0 Å². The van der Waals surface area contributed by atoms with Crippen LogP contribution >= 0.6 is 11.3 Å². The average Bonchev–Trinajstić information content (AvgIpc) is 2.54. The Morgan fingerprint density at radius 2 is 2.36 bits per heavy atom. The van der Waals surface area contributed by atoms with E-state index in [2.05, 4.69) is 18.8 Å². The Labute approximate surface area is 90.6 Å². The second-order valence-corrected chi connectivity index (χ2v) is 5.64. The summed E-state index contributed by atoms with van der Waals surface area (Å²) >= 11 is 1.92. The van der Waals surface area contributed by atoms with E-state index in [4.69, 9.17) is 0 Å². The molecule has 0 saturated carbocycles. The van der Waals surface area contributed by atoms with Gasteiger partial charge >= 0.3 is 0 Å². The van der Waals surface area contributed by atoms with Crippen molar-refractivity contribution in [2.75, 3.05) is 0 Å². The van der Waals surface area contributed by atoms with Crippen molar-refractivity contribution >= 4 is 11.3 Å². The van der Waals surface area contributed by atoms with Crippen LogP contribution in [0.25, 0.3) is 0 Å². The second-order valence-electron chi connectivity index (χ2n) is 4.35. The number of aromatic nitrogens is 1. The fraction of sp³-hybridized carbons (Fsp3) is 0.750. The van der Waals surface area contributed by atoms with Crippen molar-refractivity contribution in [2.24, 2.45) is 5.92 Å². The Kier molecular flexibility index (Phi) is 3.22. The summed E-state index contributed by atoms with van der Waals surface area (Å²) in [4.78, 5) is 6.16. The normalized spacial score (nSPS) is 20.9. The van der Waals surface area contributed by atoms with Crippen molar-refractivity contribution in [1.82, 2.24) is 4.98 Å². The molecule has 1 aromatic rings. The highest BCUT2D eigenvalue weighted by molar-refractivity contribution is 7.11. The molecule has 0 radical (unpaired) electrons. The molecule has 0 bridgehead atoms. The first-order valence-corrected chi connectivity index (χ1v) is 6.56. The first kappa shape index (κ1) is 10.2. The van der Waals surface area contributed by atoms with Gasteiger partial charge < -0.3 is 0 Å². The third-order valence-corrected chi connectivity index (χ3v) is 4.15. The van der Waals surface area contributed by atoms with Crippen LogP contribution in [0.4, 0.5) is 0 Å². The lowest BCUT2D eigenvalue weighted by Gasteiger charge is -2.20. The van der Waals surface area contributed by atoms with Crippen LogP contribution in [0.3, 0.4) is 0 Å². The zero-order valence-corrected chi connectivity index (χ0v) is 9.99. The summed E-state index contributed by atoms with van der Waals surface area (Å²) in [6.07, 6.45) is 8.07. The lowest BCUT2D eigenvalue weighted by molar-refractivity contribution is 0.414. The Bertz CT molecular complexity index is 303. The van der Waals surface area contributed by atoms with Crippen LogP contribution in [0, 0.1) is 12.8 Å². The number of fused-ring (bicyclic) bond motifs is 1. The number of hydrogen-bond donors (Lipinski definition) is 0. The first-order valence-electron chi connectivity index (χ1n) is 5.74. The molecule has 1 atom stereocenters. The molecule has 0 spiro atoms. The van der Waals surface area contributed by atoms with E-state index in [1.54, 1.807) is 4.88 Å².